The predicted molar refractivity (Wildman–Crippen MR) is 79.1 cm³/mol. The van der Waals surface area contributed by atoms with E-state index in [4.69, 9.17) is 11.6 Å². The van der Waals surface area contributed by atoms with Gasteiger partial charge in [-0.1, -0.05) is 11.6 Å². The first-order chi connectivity index (χ1) is 8.75. The van der Waals surface area contributed by atoms with Crippen molar-refractivity contribution in [2.45, 2.75) is 25.8 Å². The van der Waals surface area contributed by atoms with Crippen LogP contribution in [0.25, 0.3) is 0 Å². The molecule has 0 N–H and O–H groups in total. The molecule has 1 aromatic heterocycles. The zero-order chi connectivity index (χ0) is 12.8. The minimum atomic E-state index is 0. The lowest BCUT2D eigenvalue weighted by Gasteiger charge is -2.03. The van der Waals surface area contributed by atoms with E-state index in [-0.39, 0.29) is 18.2 Å². The molecular weight excluding hydrogens is 283 g/mol. The van der Waals surface area contributed by atoms with Gasteiger partial charge in [0.2, 0.25) is 0 Å². The van der Waals surface area contributed by atoms with Gasteiger partial charge in [0.25, 0.3) is 0 Å². The van der Waals surface area contributed by atoms with Crippen LogP contribution in [0.2, 0.25) is 5.02 Å². The highest BCUT2D eigenvalue weighted by Gasteiger charge is 2.05. The van der Waals surface area contributed by atoms with Crippen molar-refractivity contribution in [1.29, 1.82) is 0 Å². The number of carbonyl (C=O) groups is 1. The average molecular weight is 299 g/mol. The highest BCUT2D eigenvalue weighted by Crippen LogP contribution is 2.12. The molecule has 0 bridgehead atoms. The summed E-state index contributed by atoms with van der Waals surface area (Å²) in [6, 6.07) is 7.06. The number of nitrogens with zero attached hydrogens (tertiary/aromatic N) is 2. The molecule has 0 atom stereocenters. The molecule has 0 unspecified atom stereocenters. The number of Topliss-reactive ketones (excluding diaryl/α,β-unsaturated/α-hetero) is 1. The minimum absolute atomic E-state index is 0. The second-order valence-corrected chi connectivity index (χ2v) is 4.62. The molecule has 0 amide bonds. The van der Waals surface area contributed by atoms with Crippen LogP contribution < -0.4 is 0 Å². The van der Waals surface area contributed by atoms with Crippen LogP contribution in [0.3, 0.4) is 0 Å². The van der Waals surface area contributed by atoms with Crippen LogP contribution in [0.4, 0.5) is 0 Å². The Morgan fingerprint density at radius 2 is 1.95 bits per heavy atom. The number of ketones is 1. The number of aromatic nitrogens is 2. The van der Waals surface area contributed by atoms with E-state index in [1.54, 1.807) is 36.8 Å². The Bertz CT molecular complexity index is 495. The van der Waals surface area contributed by atoms with Gasteiger partial charge in [0.1, 0.15) is 0 Å². The lowest BCUT2D eigenvalue weighted by atomic mass is 10.1. The number of unbranched alkanes of at least 4 members (excludes halogenated alkanes) is 1. The molecule has 0 aliphatic carbocycles. The first-order valence-electron chi connectivity index (χ1n) is 6.00. The number of carbonyl (C=O) groups excluding carboxylic acids is 1. The van der Waals surface area contributed by atoms with E-state index >= 15 is 0 Å². The van der Waals surface area contributed by atoms with Crippen molar-refractivity contribution in [3.8, 4) is 0 Å². The Balaban J connectivity index is 0.00000180. The highest BCUT2D eigenvalue weighted by molar-refractivity contribution is 6.30. The topological polar surface area (TPSA) is 34.9 Å². The summed E-state index contributed by atoms with van der Waals surface area (Å²) in [4.78, 5) is 15.8. The number of hydrogen-bond acceptors (Lipinski definition) is 2. The second-order valence-electron chi connectivity index (χ2n) is 4.19. The van der Waals surface area contributed by atoms with Crippen LogP contribution >= 0.6 is 24.0 Å². The molecule has 19 heavy (non-hydrogen) atoms. The van der Waals surface area contributed by atoms with Crippen molar-refractivity contribution in [2.24, 2.45) is 0 Å². The Hall–Kier alpha value is -1.32. The zero-order valence-corrected chi connectivity index (χ0v) is 12.0. The largest absolute Gasteiger partial charge is 0.337 e. The molecule has 0 aliphatic rings. The van der Waals surface area contributed by atoms with Gasteiger partial charge in [0.05, 0.1) is 6.33 Å². The number of rotatable bonds is 6. The van der Waals surface area contributed by atoms with Crippen LogP contribution in [-0.2, 0) is 6.54 Å². The van der Waals surface area contributed by atoms with Crippen molar-refractivity contribution in [1.82, 2.24) is 9.55 Å². The summed E-state index contributed by atoms with van der Waals surface area (Å²) in [5.74, 6) is 0.178. The number of aryl methyl sites for hydroxylation is 1. The van der Waals surface area contributed by atoms with Crippen molar-refractivity contribution in [2.75, 3.05) is 0 Å². The van der Waals surface area contributed by atoms with Crippen LogP contribution in [0.15, 0.2) is 43.0 Å². The summed E-state index contributed by atoms with van der Waals surface area (Å²) < 4.78 is 2.02. The van der Waals surface area contributed by atoms with E-state index < -0.39 is 0 Å². The van der Waals surface area contributed by atoms with Crippen LogP contribution in [0.5, 0.6) is 0 Å². The SMILES string of the molecule is Cl.O=C(CCCCn1ccnc1)c1ccc(Cl)cc1. The van der Waals surface area contributed by atoms with Crippen molar-refractivity contribution in [3.05, 3.63) is 53.6 Å². The molecule has 3 nitrogen and oxygen atoms in total. The fraction of sp³-hybridized carbons (Fsp3) is 0.286. The van der Waals surface area contributed by atoms with E-state index in [2.05, 4.69) is 4.98 Å². The predicted octanol–water partition coefficient (Wildman–Crippen LogP) is 4.01. The molecule has 2 aromatic rings. The Labute approximate surface area is 124 Å². The normalized spacial score (nSPS) is 9.95. The summed E-state index contributed by atoms with van der Waals surface area (Å²) in [5, 5.41) is 0.659. The summed E-state index contributed by atoms with van der Waals surface area (Å²) in [6.45, 7) is 0.911. The molecule has 0 spiro atoms. The summed E-state index contributed by atoms with van der Waals surface area (Å²) in [5.41, 5.74) is 0.738. The third-order valence-corrected chi connectivity index (χ3v) is 3.05. The molecule has 0 aliphatic heterocycles. The van der Waals surface area contributed by atoms with Gasteiger partial charge in [-0.15, -0.1) is 12.4 Å². The Morgan fingerprint density at radius 1 is 1.21 bits per heavy atom. The van der Waals surface area contributed by atoms with Gasteiger partial charge < -0.3 is 4.57 Å². The van der Waals surface area contributed by atoms with Crippen molar-refractivity contribution in [3.63, 3.8) is 0 Å². The van der Waals surface area contributed by atoms with Crippen LogP contribution in [0, 0.1) is 0 Å². The lowest BCUT2D eigenvalue weighted by molar-refractivity contribution is 0.0979. The van der Waals surface area contributed by atoms with E-state index in [0.29, 0.717) is 11.4 Å². The summed E-state index contributed by atoms with van der Waals surface area (Å²) in [6.07, 6.45) is 7.94. The van der Waals surface area contributed by atoms with Gasteiger partial charge in [0.15, 0.2) is 5.78 Å². The van der Waals surface area contributed by atoms with E-state index in [1.165, 1.54) is 0 Å². The molecule has 1 aromatic carbocycles. The smallest absolute Gasteiger partial charge is 0.162 e. The maximum atomic E-state index is 11.9. The lowest BCUT2D eigenvalue weighted by Crippen LogP contribution is -2.00. The van der Waals surface area contributed by atoms with Gasteiger partial charge in [0, 0.05) is 35.9 Å². The summed E-state index contributed by atoms with van der Waals surface area (Å²) >= 11 is 5.78. The number of benzene rings is 1. The maximum Gasteiger partial charge on any atom is 0.162 e. The van der Waals surface area contributed by atoms with Crippen LogP contribution in [0.1, 0.15) is 29.6 Å². The molecule has 0 saturated heterocycles. The molecule has 1 heterocycles. The molecule has 5 heteroatoms. The van der Waals surface area contributed by atoms with Gasteiger partial charge in [-0.2, -0.15) is 0 Å². The standard InChI is InChI=1S/C14H15ClN2O.ClH/c15-13-6-4-12(5-7-13)14(18)3-1-2-9-17-10-8-16-11-17;/h4-8,10-11H,1-3,9H2;1H. The number of hydrogen-bond donors (Lipinski definition) is 0. The van der Waals surface area contributed by atoms with Gasteiger partial charge in [-0.25, -0.2) is 4.98 Å². The quantitative estimate of drug-likeness (QED) is 0.596. The zero-order valence-electron chi connectivity index (χ0n) is 10.5. The Morgan fingerprint density at radius 3 is 2.58 bits per heavy atom. The van der Waals surface area contributed by atoms with Crippen molar-refractivity contribution < 1.29 is 4.79 Å². The summed E-state index contributed by atoms with van der Waals surface area (Å²) in [7, 11) is 0. The van der Waals surface area contributed by atoms with Crippen LogP contribution in [-0.4, -0.2) is 15.3 Å². The molecule has 0 fully saturated rings. The second kappa shape index (κ2) is 7.97. The molecule has 102 valence electrons. The maximum absolute atomic E-state index is 11.9. The van der Waals surface area contributed by atoms with Gasteiger partial charge in [-0.3, -0.25) is 4.79 Å². The first kappa shape index (κ1) is 15.7. The molecule has 0 saturated carbocycles. The monoisotopic (exact) mass is 298 g/mol. The number of halogens is 2. The fourth-order valence-corrected chi connectivity index (χ4v) is 1.91. The van der Waals surface area contributed by atoms with E-state index in [9.17, 15) is 4.79 Å². The van der Waals surface area contributed by atoms with Gasteiger partial charge >= 0.3 is 0 Å². The highest BCUT2D eigenvalue weighted by atomic mass is 35.5. The third-order valence-electron chi connectivity index (χ3n) is 2.80. The number of imidazole rings is 1. The minimum Gasteiger partial charge on any atom is -0.337 e. The molecule has 0 radical (unpaired) electrons. The molecule has 2 rings (SSSR count). The van der Waals surface area contributed by atoms with E-state index in [0.717, 1.165) is 24.9 Å². The van der Waals surface area contributed by atoms with E-state index in [1.807, 2.05) is 10.8 Å². The Kier molecular flexibility index (Phi) is 6.60. The average Bonchev–Trinajstić information content (AvgIpc) is 2.88. The first-order valence-corrected chi connectivity index (χ1v) is 6.38. The third kappa shape index (κ3) is 5.05. The fourth-order valence-electron chi connectivity index (χ4n) is 1.78. The van der Waals surface area contributed by atoms with Gasteiger partial charge in [-0.05, 0) is 37.1 Å². The molecular formula is C14H16Cl2N2O. The van der Waals surface area contributed by atoms with Crippen molar-refractivity contribution >= 4 is 29.8 Å².